The molecule has 1 atom stereocenters. The SMILES string of the molecule is CC(C)c1nccn1C(C)C(=O)NCCc1nccs1. The molecule has 1 amide bonds. The van der Waals surface area contributed by atoms with Gasteiger partial charge in [0, 0.05) is 42.9 Å². The Kier molecular flexibility index (Phi) is 4.89. The van der Waals surface area contributed by atoms with E-state index in [2.05, 4.69) is 29.1 Å². The summed E-state index contributed by atoms with van der Waals surface area (Å²) in [6.45, 7) is 6.66. The second kappa shape index (κ2) is 6.65. The fraction of sp³-hybridized carbons (Fsp3) is 0.500. The second-order valence-corrected chi connectivity index (χ2v) is 5.97. The number of nitrogens with one attached hydrogen (secondary N) is 1. The van der Waals surface area contributed by atoms with Crippen LogP contribution in [0.5, 0.6) is 0 Å². The fourth-order valence-corrected chi connectivity index (χ4v) is 2.66. The number of hydrogen-bond acceptors (Lipinski definition) is 4. The number of aromatic nitrogens is 3. The molecule has 108 valence electrons. The minimum atomic E-state index is -0.244. The molecule has 20 heavy (non-hydrogen) atoms. The Balaban J connectivity index is 1.90. The molecule has 0 spiro atoms. The Morgan fingerprint density at radius 3 is 2.80 bits per heavy atom. The van der Waals surface area contributed by atoms with Crippen LogP contribution in [-0.4, -0.2) is 27.0 Å². The zero-order chi connectivity index (χ0) is 14.5. The van der Waals surface area contributed by atoms with Crippen LogP contribution in [0.25, 0.3) is 0 Å². The Morgan fingerprint density at radius 1 is 1.35 bits per heavy atom. The summed E-state index contributed by atoms with van der Waals surface area (Å²) in [4.78, 5) is 20.7. The van der Waals surface area contributed by atoms with E-state index in [-0.39, 0.29) is 11.9 Å². The van der Waals surface area contributed by atoms with Crippen molar-refractivity contribution >= 4 is 17.2 Å². The van der Waals surface area contributed by atoms with Crippen LogP contribution in [0, 0.1) is 0 Å². The molecule has 2 aromatic rings. The lowest BCUT2D eigenvalue weighted by Crippen LogP contribution is -2.33. The Hall–Kier alpha value is -1.69. The monoisotopic (exact) mass is 292 g/mol. The van der Waals surface area contributed by atoms with Crippen molar-refractivity contribution in [3.8, 4) is 0 Å². The van der Waals surface area contributed by atoms with E-state index in [0.717, 1.165) is 17.3 Å². The quantitative estimate of drug-likeness (QED) is 0.889. The van der Waals surface area contributed by atoms with Gasteiger partial charge in [0.1, 0.15) is 11.9 Å². The van der Waals surface area contributed by atoms with Gasteiger partial charge in [0.05, 0.1) is 5.01 Å². The molecular formula is C14H20N4OS. The molecule has 0 aromatic carbocycles. The molecule has 0 aliphatic rings. The molecule has 2 aromatic heterocycles. The highest BCUT2D eigenvalue weighted by Crippen LogP contribution is 2.17. The van der Waals surface area contributed by atoms with Crippen molar-refractivity contribution in [2.75, 3.05) is 6.54 Å². The zero-order valence-electron chi connectivity index (χ0n) is 12.0. The maximum atomic E-state index is 12.2. The Bertz CT molecular complexity index is 547. The van der Waals surface area contributed by atoms with Crippen molar-refractivity contribution in [3.63, 3.8) is 0 Å². The minimum Gasteiger partial charge on any atom is -0.354 e. The van der Waals surface area contributed by atoms with E-state index in [1.54, 1.807) is 23.7 Å². The number of hydrogen-bond donors (Lipinski definition) is 1. The topological polar surface area (TPSA) is 59.8 Å². The summed E-state index contributed by atoms with van der Waals surface area (Å²) in [5.74, 6) is 1.25. The van der Waals surface area contributed by atoms with Crippen LogP contribution >= 0.6 is 11.3 Å². The van der Waals surface area contributed by atoms with E-state index >= 15 is 0 Å². The first kappa shape index (κ1) is 14.7. The van der Waals surface area contributed by atoms with E-state index in [0.29, 0.717) is 12.5 Å². The van der Waals surface area contributed by atoms with E-state index < -0.39 is 0 Å². The molecule has 1 unspecified atom stereocenters. The summed E-state index contributed by atoms with van der Waals surface area (Å²) in [5.41, 5.74) is 0. The third kappa shape index (κ3) is 3.45. The molecule has 6 heteroatoms. The van der Waals surface area contributed by atoms with Gasteiger partial charge in [-0.05, 0) is 6.92 Å². The average molecular weight is 292 g/mol. The highest BCUT2D eigenvalue weighted by Gasteiger charge is 2.18. The largest absolute Gasteiger partial charge is 0.354 e. The maximum absolute atomic E-state index is 12.2. The van der Waals surface area contributed by atoms with Crippen LogP contribution in [-0.2, 0) is 11.2 Å². The van der Waals surface area contributed by atoms with Gasteiger partial charge < -0.3 is 9.88 Å². The summed E-state index contributed by atoms with van der Waals surface area (Å²) >= 11 is 1.61. The van der Waals surface area contributed by atoms with Crippen LogP contribution < -0.4 is 5.32 Å². The molecule has 5 nitrogen and oxygen atoms in total. The predicted molar refractivity (Wildman–Crippen MR) is 79.9 cm³/mol. The van der Waals surface area contributed by atoms with Gasteiger partial charge in [0.2, 0.25) is 5.91 Å². The first-order chi connectivity index (χ1) is 9.59. The average Bonchev–Trinajstić information content (AvgIpc) is 3.08. The van der Waals surface area contributed by atoms with Crippen molar-refractivity contribution in [3.05, 3.63) is 34.8 Å². The summed E-state index contributed by atoms with van der Waals surface area (Å²) in [6, 6.07) is -0.244. The van der Waals surface area contributed by atoms with Gasteiger partial charge in [-0.2, -0.15) is 0 Å². The lowest BCUT2D eigenvalue weighted by Gasteiger charge is -2.17. The van der Waals surface area contributed by atoms with E-state index in [1.165, 1.54) is 0 Å². The lowest BCUT2D eigenvalue weighted by molar-refractivity contribution is -0.123. The Labute approximate surface area is 123 Å². The molecule has 0 fully saturated rings. The van der Waals surface area contributed by atoms with Gasteiger partial charge in [-0.1, -0.05) is 13.8 Å². The fourth-order valence-electron chi connectivity index (χ4n) is 2.04. The normalized spacial score (nSPS) is 12.6. The first-order valence-corrected chi connectivity index (χ1v) is 7.66. The molecule has 2 heterocycles. The molecule has 0 bridgehead atoms. The number of amides is 1. The number of imidazole rings is 1. The standard InChI is InChI=1S/C14H20N4OS/c1-10(2)13-16-6-8-18(13)11(3)14(19)17-5-4-12-15-7-9-20-12/h6-11H,4-5H2,1-3H3,(H,17,19). The molecule has 0 saturated heterocycles. The third-order valence-corrected chi connectivity index (χ3v) is 3.97. The van der Waals surface area contributed by atoms with Crippen molar-refractivity contribution in [1.29, 1.82) is 0 Å². The van der Waals surface area contributed by atoms with Crippen LogP contribution in [0.1, 0.15) is 43.6 Å². The molecular weight excluding hydrogens is 272 g/mol. The van der Waals surface area contributed by atoms with E-state index in [4.69, 9.17) is 0 Å². The van der Waals surface area contributed by atoms with Gasteiger partial charge >= 0.3 is 0 Å². The lowest BCUT2D eigenvalue weighted by atomic mass is 10.2. The van der Waals surface area contributed by atoms with Gasteiger partial charge in [0.15, 0.2) is 0 Å². The molecule has 0 saturated carbocycles. The number of carbonyl (C=O) groups is 1. The highest BCUT2D eigenvalue weighted by molar-refractivity contribution is 7.09. The number of nitrogens with zero attached hydrogens (tertiary/aromatic N) is 3. The zero-order valence-corrected chi connectivity index (χ0v) is 12.9. The smallest absolute Gasteiger partial charge is 0.242 e. The Morgan fingerprint density at radius 2 is 2.15 bits per heavy atom. The van der Waals surface area contributed by atoms with Crippen molar-refractivity contribution < 1.29 is 4.79 Å². The number of rotatable bonds is 6. The summed E-state index contributed by atoms with van der Waals surface area (Å²) in [7, 11) is 0. The molecule has 0 radical (unpaired) electrons. The van der Waals surface area contributed by atoms with Gasteiger partial charge in [-0.3, -0.25) is 4.79 Å². The minimum absolute atomic E-state index is 0.0152. The maximum Gasteiger partial charge on any atom is 0.242 e. The first-order valence-electron chi connectivity index (χ1n) is 6.78. The van der Waals surface area contributed by atoms with Crippen LogP contribution in [0.2, 0.25) is 0 Å². The van der Waals surface area contributed by atoms with Crippen LogP contribution in [0.15, 0.2) is 24.0 Å². The van der Waals surface area contributed by atoms with Gasteiger partial charge in [0.25, 0.3) is 0 Å². The summed E-state index contributed by atoms with van der Waals surface area (Å²) in [6.07, 6.45) is 6.16. The van der Waals surface area contributed by atoms with Crippen LogP contribution in [0.4, 0.5) is 0 Å². The number of carbonyl (C=O) groups excluding carboxylic acids is 1. The summed E-state index contributed by atoms with van der Waals surface area (Å²) < 4.78 is 1.93. The molecule has 1 N–H and O–H groups in total. The van der Waals surface area contributed by atoms with Crippen molar-refractivity contribution in [2.24, 2.45) is 0 Å². The van der Waals surface area contributed by atoms with Crippen molar-refractivity contribution in [2.45, 2.75) is 39.2 Å². The third-order valence-electron chi connectivity index (χ3n) is 3.13. The predicted octanol–water partition coefficient (Wildman–Crippen LogP) is 2.38. The summed E-state index contributed by atoms with van der Waals surface area (Å²) in [5, 5.41) is 5.94. The molecule has 2 rings (SSSR count). The van der Waals surface area contributed by atoms with Crippen molar-refractivity contribution in [1.82, 2.24) is 19.9 Å². The van der Waals surface area contributed by atoms with Gasteiger partial charge in [-0.25, -0.2) is 9.97 Å². The van der Waals surface area contributed by atoms with E-state index in [1.807, 2.05) is 23.1 Å². The van der Waals surface area contributed by atoms with E-state index in [9.17, 15) is 4.79 Å². The molecule has 0 aliphatic heterocycles. The second-order valence-electron chi connectivity index (χ2n) is 4.99. The molecule has 0 aliphatic carbocycles. The van der Waals surface area contributed by atoms with Gasteiger partial charge in [-0.15, -0.1) is 11.3 Å². The number of thiazole rings is 1. The van der Waals surface area contributed by atoms with Crippen LogP contribution in [0.3, 0.4) is 0 Å². The highest BCUT2D eigenvalue weighted by atomic mass is 32.1.